The van der Waals surface area contributed by atoms with Gasteiger partial charge in [-0.1, -0.05) is 26.1 Å². The van der Waals surface area contributed by atoms with Gasteiger partial charge in [-0.2, -0.15) is 5.10 Å². The molecule has 0 atom stereocenters. The van der Waals surface area contributed by atoms with Crippen LogP contribution in [-0.4, -0.2) is 26.9 Å². The van der Waals surface area contributed by atoms with Crippen molar-refractivity contribution in [1.29, 1.82) is 0 Å². The lowest BCUT2D eigenvalue weighted by molar-refractivity contribution is -0.0291. The summed E-state index contributed by atoms with van der Waals surface area (Å²) in [6.07, 6.45) is 5.40. The molecule has 0 aliphatic rings. The van der Waals surface area contributed by atoms with Gasteiger partial charge in [0, 0.05) is 25.9 Å². The molecule has 0 bridgehead atoms. The number of hydrogen-bond acceptors (Lipinski definition) is 4. The van der Waals surface area contributed by atoms with Crippen molar-refractivity contribution < 1.29 is 4.74 Å². The second-order valence-electron chi connectivity index (χ2n) is 4.79. The summed E-state index contributed by atoms with van der Waals surface area (Å²) in [6, 6.07) is 1.85. The number of ether oxygens (including phenoxy) is 1. The molecule has 0 spiro atoms. The van der Waals surface area contributed by atoms with Gasteiger partial charge in [-0.15, -0.1) is 0 Å². The van der Waals surface area contributed by atoms with Gasteiger partial charge in [-0.25, -0.2) is 4.98 Å². The zero-order chi connectivity index (χ0) is 14.8. The van der Waals surface area contributed by atoms with Crippen LogP contribution in [0.3, 0.4) is 0 Å². The van der Waals surface area contributed by atoms with Crippen LogP contribution < -0.4 is 0 Å². The van der Waals surface area contributed by atoms with E-state index >= 15 is 0 Å². The van der Waals surface area contributed by atoms with E-state index in [2.05, 4.69) is 28.9 Å². The Morgan fingerprint density at radius 3 is 2.60 bits per heavy atom. The van der Waals surface area contributed by atoms with E-state index in [-0.39, 0.29) is 0 Å². The van der Waals surface area contributed by atoms with Gasteiger partial charge in [-0.05, 0) is 18.9 Å². The molecule has 0 amide bonds. The summed E-state index contributed by atoms with van der Waals surface area (Å²) in [6.45, 7) is 4.17. The average Bonchev–Trinajstić information content (AvgIpc) is 2.88. The van der Waals surface area contributed by atoms with E-state index in [0.717, 1.165) is 29.9 Å². The summed E-state index contributed by atoms with van der Waals surface area (Å²) in [5.41, 5.74) is 1.47. The minimum absolute atomic E-state index is 0.425. The van der Waals surface area contributed by atoms with Crippen molar-refractivity contribution in [3.8, 4) is 11.3 Å². The summed E-state index contributed by atoms with van der Waals surface area (Å²) >= 11 is 5.29. The number of aromatic amines is 1. The lowest BCUT2D eigenvalue weighted by Gasteiger charge is -2.29. The number of H-pyrrole nitrogens is 1. The van der Waals surface area contributed by atoms with Gasteiger partial charge < -0.3 is 9.72 Å². The zero-order valence-corrected chi connectivity index (χ0v) is 13.1. The minimum atomic E-state index is -0.425. The minimum Gasteiger partial charge on any atom is -0.370 e. The fourth-order valence-corrected chi connectivity index (χ4v) is 2.57. The van der Waals surface area contributed by atoms with Gasteiger partial charge in [0.25, 0.3) is 0 Å². The largest absolute Gasteiger partial charge is 0.370 e. The first-order valence-corrected chi connectivity index (χ1v) is 7.11. The van der Waals surface area contributed by atoms with Crippen LogP contribution in [0.2, 0.25) is 0 Å². The van der Waals surface area contributed by atoms with Crippen LogP contribution in [0.4, 0.5) is 0 Å². The number of aryl methyl sites for hydroxylation is 1. The third kappa shape index (κ3) is 2.66. The smallest absolute Gasteiger partial charge is 0.140 e. The lowest BCUT2D eigenvalue weighted by atomic mass is 9.96. The Morgan fingerprint density at radius 1 is 1.40 bits per heavy atom. The molecular weight excluding hydrogens is 272 g/mol. The highest BCUT2D eigenvalue weighted by Gasteiger charge is 2.31. The van der Waals surface area contributed by atoms with E-state index in [1.807, 2.05) is 19.3 Å². The van der Waals surface area contributed by atoms with Crippen molar-refractivity contribution in [3.63, 3.8) is 0 Å². The highest BCUT2D eigenvalue weighted by molar-refractivity contribution is 7.71. The number of hydrogen-bond donors (Lipinski definition) is 1. The molecule has 0 saturated carbocycles. The first kappa shape index (κ1) is 14.9. The number of rotatable bonds is 5. The predicted molar refractivity (Wildman–Crippen MR) is 80.9 cm³/mol. The molecule has 108 valence electrons. The van der Waals surface area contributed by atoms with Crippen molar-refractivity contribution in [1.82, 2.24) is 19.7 Å². The van der Waals surface area contributed by atoms with E-state index in [9.17, 15) is 0 Å². The van der Waals surface area contributed by atoms with Crippen LogP contribution in [0, 0.1) is 4.64 Å². The summed E-state index contributed by atoms with van der Waals surface area (Å²) in [5.74, 6) is 0.774. The third-order valence-electron chi connectivity index (χ3n) is 3.72. The van der Waals surface area contributed by atoms with Gasteiger partial charge >= 0.3 is 0 Å². The second-order valence-corrected chi connectivity index (χ2v) is 5.21. The fourth-order valence-electron chi connectivity index (χ4n) is 2.36. The first-order chi connectivity index (χ1) is 9.54. The maximum Gasteiger partial charge on any atom is 0.140 e. The van der Waals surface area contributed by atoms with Crippen molar-refractivity contribution in [2.24, 2.45) is 7.05 Å². The van der Waals surface area contributed by atoms with E-state index in [1.165, 1.54) is 0 Å². The maximum absolute atomic E-state index is 5.71. The van der Waals surface area contributed by atoms with Gasteiger partial charge in [0.1, 0.15) is 16.1 Å². The maximum atomic E-state index is 5.71. The second kappa shape index (κ2) is 5.85. The third-order valence-corrected chi connectivity index (χ3v) is 3.93. The van der Waals surface area contributed by atoms with Gasteiger partial charge in [0.15, 0.2) is 0 Å². The molecule has 0 aromatic carbocycles. The highest BCUT2D eigenvalue weighted by atomic mass is 32.1. The Labute approximate surface area is 124 Å². The molecule has 2 aromatic rings. The van der Waals surface area contributed by atoms with Gasteiger partial charge in [0.05, 0.1) is 11.9 Å². The number of nitrogens with one attached hydrogen (secondary N) is 1. The van der Waals surface area contributed by atoms with Crippen molar-refractivity contribution >= 4 is 12.2 Å². The number of nitrogens with zero attached hydrogens (tertiary/aromatic N) is 3. The first-order valence-electron chi connectivity index (χ1n) is 6.70. The molecule has 0 fully saturated rings. The molecule has 20 heavy (non-hydrogen) atoms. The van der Waals surface area contributed by atoms with E-state index in [1.54, 1.807) is 18.0 Å². The van der Waals surface area contributed by atoms with Crippen molar-refractivity contribution in [2.45, 2.75) is 32.3 Å². The van der Waals surface area contributed by atoms with E-state index in [0.29, 0.717) is 4.64 Å². The molecule has 0 saturated heterocycles. The standard InChI is InChI=1S/C14H20N4OS/c1-5-14(6-2,19-4)13-16-11(7-12(20)17-13)10-8-15-18(3)9-10/h7-9H,5-6H2,1-4H3,(H,16,17,20). The topological polar surface area (TPSA) is 55.7 Å². The van der Waals surface area contributed by atoms with E-state index in [4.69, 9.17) is 17.0 Å². The summed E-state index contributed by atoms with van der Waals surface area (Å²) in [5, 5.41) is 4.19. The van der Waals surface area contributed by atoms with Crippen LogP contribution >= 0.6 is 12.2 Å². The summed E-state index contributed by atoms with van der Waals surface area (Å²) < 4.78 is 8.03. The Hall–Kier alpha value is -1.53. The normalized spacial score (nSPS) is 11.8. The van der Waals surface area contributed by atoms with Crippen molar-refractivity contribution in [2.75, 3.05) is 7.11 Å². The van der Waals surface area contributed by atoms with Crippen LogP contribution in [0.15, 0.2) is 18.5 Å². The average molecular weight is 292 g/mol. The van der Waals surface area contributed by atoms with Gasteiger partial charge in [-0.3, -0.25) is 4.68 Å². The van der Waals surface area contributed by atoms with Crippen LogP contribution in [0.25, 0.3) is 11.3 Å². The predicted octanol–water partition coefficient (Wildman–Crippen LogP) is 3.20. The molecule has 6 heteroatoms. The van der Waals surface area contributed by atoms with E-state index < -0.39 is 5.60 Å². The Kier molecular flexibility index (Phi) is 4.35. The number of aromatic nitrogens is 4. The van der Waals surface area contributed by atoms with Crippen molar-refractivity contribution in [3.05, 3.63) is 28.9 Å². The van der Waals surface area contributed by atoms with Gasteiger partial charge in [0.2, 0.25) is 0 Å². The molecule has 0 radical (unpaired) electrons. The monoisotopic (exact) mass is 292 g/mol. The fraction of sp³-hybridized carbons (Fsp3) is 0.500. The Balaban J connectivity index is 2.56. The number of methoxy groups -OCH3 is 1. The van der Waals surface area contributed by atoms with Crippen LogP contribution in [-0.2, 0) is 17.4 Å². The molecule has 1 N–H and O–H groups in total. The molecule has 2 rings (SSSR count). The zero-order valence-electron chi connectivity index (χ0n) is 12.3. The molecule has 5 nitrogen and oxygen atoms in total. The van der Waals surface area contributed by atoms with Crippen LogP contribution in [0.1, 0.15) is 32.5 Å². The molecular formula is C14H20N4OS. The molecule has 2 aromatic heterocycles. The lowest BCUT2D eigenvalue weighted by Crippen LogP contribution is -2.29. The molecule has 0 unspecified atom stereocenters. The quantitative estimate of drug-likeness (QED) is 0.860. The summed E-state index contributed by atoms with van der Waals surface area (Å²) in [4.78, 5) is 7.81. The molecule has 0 aliphatic heterocycles. The van der Waals surface area contributed by atoms with Crippen LogP contribution in [0.5, 0.6) is 0 Å². The molecule has 0 aliphatic carbocycles. The molecule has 2 heterocycles. The Bertz CT molecular complexity index is 634. The summed E-state index contributed by atoms with van der Waals surface area (Å²) in [7, 11) is 3.60. The highest BCUT2D eigenvalue weighted by Crippen LogP contribution is 2.31. The Morgan fingerprint density at radius 2 is 2.10 bits per heavy atom. The SMILES string of the molecule is CCC(CC)(OC)c1nc(=S)cc(-c2cnn(C)c2)[nH]1.